The smallest absolute Gasteiger partial charge is 0.317 e. The van der Waals surface area contributed by atoms with Gasteiger partial charge in [-0.1, -0.05) is 37.8 Å². The fraction of sp³-hybridized carbons (Fsp3) is 0.833. The van der Waals surface area contributed by atoms with E-state index in [1.54, 1.807) is 11.9 Å². The lowest BCUT2D eigenvalue weighted by Gasteiger charge is -2.32. The molecule has 0 aromatic rings. The standard InChI is InChI=1S/C18H32N2O3/c1-14(2)16-15(8-11-23-16)12-19-17(21)20(3)13-18(22)9-6-4-5-7-10-18/h15-16,22H,1,4-13H2,2-3H3,(H,19,21)/t15-,16+/m0/s1. The highest BCUT2D eigenvalue weighted by molar-refractivity contribution is 5.73. The Balaban J connectivity index is 1.79. The average molecular weight is 324 g/mol. The van der Waals surface area contributed by atoms with Crippen LogP contribution in [0.15, 0.2) is 12.2 Å². The molecule has 23 heavy (non-hydrogen) atoms. The SMILES string of the molecule is C=C(C)[C@H]1OCC[C@H]1CNC(=O)N(C)CC1(O)CCCCCC1. The van der Waals surface area contributed by atoms with Crippen LogP contribution in [0.5, 0.6) is 0 Å². The number of carbonyl (C=O) groups excluding carboxylic acids is 1. The highest BCUT2D eigenvalue weighted by Crippen LogP contribution is 2.28. The van der Waals surface area contributed by atoms with Gasteiger partial charge in [0.15, 0.2) is 0 Å². The summed E-state index contributed by atoms with van der Waals surface area (Å²) in [4.78, 5) is 13.9. The zero-order chi connectivity index (χ0) is 16.9. The maximum atomic E-state index is 12.3. The van der Waals surface area contributed by atoms with E-state index in [1.807, 2.05) is 6.92 Å². The first-order valence-electron chi connectivity index (χ1n) is 8.90. The Hall–Kier alpha value is -1.07. The largest absolute Gasteiger partial charge is 0.388 e. The Kier molecular flexibility index (Phi) is 6.48. The summed E-state index contributed by atoms with van der Waals surface area (Å²) in [5.41, 5.74) is 0.294. The zero-order valence-electron chi connectivity index (χ0n) is 14.6. The van der Waals surface area contributed by atoms with E-state index >= 15 is 0 Å². The summed E-state index contributed by atoms with van der Waals surface area (Å²) < 4.78 is 5.67. The van der Waals surface area contributed by atoms with Gasteiger partial charge in [-0.05, 0) is 26.2 Å². The Bertz CT molecular complexity index is 416. The summed E-state index contributed by atoms with van der Waals surface area (Å²) in [6.07, 6.45) is 7.04. The van der Waals surface area contributed by atoms with Crippen molar-refractivity contribution in [1.29, 1.82) is 0 Å². The molecule has 1 saturated heterocycles. The van der Waals surface area contributed by atoms with Gasteiger partial charge in [0.05, 0.1) is 18.2 Å². The van der Waals surface area contributed by atoms with Crippen LogP contribution in [-0.2, 0) is 4.74 Å². The molecule has 2 aliphatic rings. The van der Waals surface area contributed by atoms with Gasteiger partial charge in [0, 0.05) is 26.1 Å². The third-order valence-corrected chi connectivity index (χ3v) is 5.13. The molecule has 0 spiro atoms. The van der Waals surface area contributed by atoms with Gasteiger partial charge in [-0.3, -0.25) is 0 Å². The minimum atomic E-state index is -0.723. The van der Waals surface area contributed by atoms with Crippen LogP contribution in [0.1, 0.15) is 51.9 Å². The molecule has 5 nitrogen and oxygen atoms in total. The van der Waals surface area contributed by atoms with Gasteiger partial charge in [0.2, 0.25) is 0 Å². The van der Waals surface area contributed by atoms with Crippen LogP contribution in [0.3, 0.4) is 0 Å². The third kappa shape index (κ3) is 5.21. The van der Waals surface area contributed by atoms with E-state index in [2.05, 4.69) is 11.9 Å². The fourth-order valence-electron chi connectivity index (χ4n) is 3.80. The first-order valence-corrected chi connectivity index (χ1v) is 8.90. The van der Waals surface area contributed by atoms with Crippen molar-refractivity contribution in [3.05, 3.63) is 12.2 Å². The first kappa shape index (κ1) is 18.3. The van der Waals surface area contributed by atoms with Gasteiger partial charge in [0.25, 0.3) is 0 Å². The van der Waals surface area contributed by atoms with Crippen LogP contribution >= 0.6 is 0 Å². The number of urea groups is 1. The molecule has 0 aromatic heterocycles. The van der Waals surface area contributed by atoms with Crippen LogP contribution in [-0.4, -0.2) is 54.5 Å². The number of hydrogen-bond acceptors (Lipinski definition) is 3. The number of aliphatic hydroxyl groups is 1. The molecule has 2 amide bonds. The summed E-state index contributed by atoms with van der Waals surface area (Å²) in [6, 6.07) is -0.116. The predicted octanol–water partition coefficient (Wildman–Crippen LogP) is 2.69. The van der Waals surface area contributed by atoms with E-state index in [4.69, 9.17) is 4.74 Å². The van der Waals surface area contributed by atoms with E-state index in [0.29, 0.717) is 19.0 Å². The molecule has 5 heteroatoms. The number of amides is 2. The molecule has 1 aliphatic heterocycles. The maximum Gasteiger partial charge on any atom is 0.317 e. The number of carbonyl (C=O) groups is 1. The molecule has 2 atom stereocenters. The third-order valence-electron chi connectivity index (χ3n) is 5.13. The molecule has 0 bridgehead atoms. The van der Waals surface area contributed by atoms with Gasteiger partial charge in [-0.15, -0.1) is 0 Å². The Labute approximate surface area is 140 Å². The summed E-state index contributed by atoms with van der Waals surface area (Å²) in [6.45, 7) is 7.67. The Morgan fingerprint density at radius 1 is 1.35 bits per heavy atom. The second kappa shape index (κ2) is 8.15. The molecule has 0 radical (unpaired) electrons. The predicted molar refractivity (Wildman–Crippen MR) is 91.3 cm³/mol. The zero-order valence-corrected chi connectivity index (χ0v) is 14.6. The minimum absolute atomic E-state index is 0.0478. The molecule has 1 saturated carbocycles. The van der Waals surface area contributed by atoms with Crippen molar-refractivity contribution in [2.75, 3.05) is 26.7 Å². The van der Waals surface area contributed by atoms with Crippen molar-refractivity contribution >= 4 is 6.03 Å². The van der Waals surface area contributed by atoms with Crippen LogP contribution in [0.2, 0.25) is 0 Å². The van der Waals surface area contributed by atoms with Gasteiger partial charge in [-0.25, -0.2) is 4.79 Å². The van der Waals surface area contributed by atoms with E-state index < -0.39 is 5.60 Å². The molecule has 132 valence electrons. The second-order valence-electron chi connectivity index (χ2n) is 7.37. The van der Waals surface area contributed by atoms with Gasteiger partial charge >= 0.3 is 6.03 Å². The van der Waals surface area contributed by atoms with E-state index in [-0.39, 0.29) is 12.1 Å². The van der Waals surface area contributed by atoms with E-state index in [1.165, 1.54) is 12.8 Å². The van der Waals surface area contributed by atoms with Gasteiger partial charge in [0.1, 0.15) is 0 Å². The number of rotatable bonds is 5. The molecule has 1 heterocycles. The maximum absolute atomic E-state index is 12.3. The molecule has 0 aromatic carbocycles. The first-order chi connectivity index (χ1) is 10.9. The number of likely N-dealkylation sites (N-methyl/N-ethyl adjacent to an activating group) is 1. The summed E-state index contributed by atoms with van der Waals surface area (Å²) >= 11 is 0. The number of nitrogens with one attached hydrogen (secondary N) is 1. The van der Waals surface area contributed by atoms with Crippen molar-refractivity contribution in [1.82, 2.24) is 10.2 Å². The van der Waals surface area contributed by atoms with Gasteiger partial charge in [-0.2, -0.15) is 0 Å². The van der Waals surface area contributed by atoms with Gasteiger partial charge < -0.3 is 20.1 Å². The molecule has 2 N–H and O–H groups in total. The monoisotopic (exact) mass is 324 g/mol. The van der Waals surface area contributed by atoms with E-state index in [9.17, 15) is 9.90 Å². The minimum Gasteiger partial charge on any atom is -0.388 e. The quantitative estimate of drug-likeness (QED) is 0.604. The highest BCUT2D eigenvalue weighted by atomic mass is 16.5. The number of hydrogen-bond donors (Lipinski definition) is 2. The van der Waals surface area contributed by atoms with E-state index in [0.717, 1.165) is 44.3 Å². The fourth-order valence-corrected chi connectivity index (χ4v) is 3.80. The van der Waals surface area contributed by atoms with Crippen molar-refractivity contribution in [3.8, 4) is 0 Å². The topological polar surface area (TPSA) is 61.8 Å². The average Bonchev–Trinajstić information content (AvgIpc) is 2.87. The molecular weight excluding hydrogens is 292 g/mol. The summed E-state index contributed by atoms with van der Waals surface area (Å²) in [5.74, 6) is 0.297. The molecule has 1 aliphatic carbocycles. The Morgan fingerprint density at radius 3 is 2.61 bits per heavy atom. The Morgan fingerprint density at radius 2 is 2.00 bits per heavy atom. The van der Waals surface area contributed by atoms with Crippen molar-refractivity contribution in [2.24, 2.45) is 5.92 Å². The normalized spacial score (nSPS) is 27.3. The van der Waals surface area contributed by atoms with Crippen LogP contribution in [0, 0.1) is 5.92 Å². The highest BCUT2D eigenvalue weighted by Gasteiger charge is 2.32. The number of nitrogens with zero attached hydrogens (tertiary/aromatic N) is 1. The lowest BCUT2D eigenvalue weighted by Crippen LogP contribution is -2.48. The summed E-state index contributed by atoms with van der Waals surface area (Å²) in [5, 5.41) is 13.7. The van der Waals surface area contributed by atoms with Crippen molar-refractivity contribution in [2.45, 2.75) is 63.6 Å². The van der Waals surface area contributed by atoms with Crippen LogP contribution in [0.25, 0.3) is 0 Å². The lowest BCUT2D eigenvalue weighted by atomic mass is 9.94. The molecule has 0 unspecified atom stereocenters. The molecule has 2 fully saturated rings. The molecular formula is C18H32N2O3. The van der Waals surface area contributed by atoms with Crippen molar-refractivity contribution in [3.63, 3.8) is 0 Å². The van der Waals surface area contributed by atoms with Crippen LogP contribution < -0.4 is 5.32 Å². The second-order valence-corrected chi connectivity index (χ2v) is 7.37. The molecule has 2 rings (SSSR count). The lowest BCUT2D eigenvalue weighted by molar-refractivity contribution is 0.00451. The van der Waals surface area contributed by atoms with Crippen molar-refractivity contribution < 1.29 is 14.6 Å². The van der Waals surface area contributed by atoms with Crippen LogP contribution in [0.4, 0.5) is 4.79 Å². The summed E-state index contributed by atoms with van der Waals surface area (Å²) in [7, 11) is 1.76. The number of ether oxygens (including phenoxy) is 1.